The molecule has 146 valence electrons. The molecule has 1 heterocycles. The number of rotatable bonds is 7. The maximum Gasteiger partial charge on any atom is 0.311 e. The van der Waals surface area contributed by atoms with Crippen molar-refractivity contribution in [2.24, 2.45) is 5.92 Å². The van der Waals surface area contributed by atoms with E-state index in [1.54, 1.807) is 19.0 Å². The first-order valence-electron chi connectivity index (χ1n) is 8.77. The van der Waals surface area contributed by atoms with Crippen LogP contribution in [0.2, 0.25) is 0 Å². The van der Waals surface area contributed by atoms with Crippen molar-refractivity contribution in [3.05, 3.63) is 35.9 Å². The molecule has 27 heavy (non-hydrogen) atoms. The number of carbonyl (C=O) groups excluding carboxylic acids is 4. The lowest BCUT2D eigenvalue weighted by molar-refractivity contribution is -0.152. The summed E-state index contributed by atoms with van der Waals surface area (Å²) < 4.78 is 5.01. The molecule has 1 saturated heterocycles. The van der Waals surface area contributed by atoms with Crippen LogP contribution in [-0.2, 0) is 23.9 Å². The normalized spacial score (nSPS) is 17.4. The van der Waals surface area contributed by atoms with Crippen molar-refractivity contribution in [3.63, 3.8) is 0 Å². The molecule has 0 unspecified atom stereocenters. The lowest BCUT2D eigenvalue weighted by Gasteiger charge is -2.25. The van der Waals surface area contributed by atoms with E-state index < -0.39 is 24.4 Å². The summed E-state index contributed by atoms with van der Waals surface area (Å²) in [6.45, 7) is 1.54. The Balaban J connectivity index is 1.81. The minimum Gasteiger partial charge on any atom is -0.455 e. The summed E-state index contributed by atoms with van der Waals surface area (Å²) in [5, 5.41) is 2.38. The first-order valence-corrected chi connectivity index (χ1v) is 8.77. The first kappa shape index (κ1) is 20.4. The summed E-state index contributed by atoms with van der Waals surface area (Å²) in [5.74, 6) is -2.12. The summed E-state index contributed by atoms with van der Waals surface area (Å²) in [5.41, 5.74) is 0.991. The van der Waals surface area contributed by atoms with Crippen LogP contribution >= 0.6 is 0 Å². The third-order valence-electron chi connectivity index (χ3n) is 4.52. The molecule has 0 aromatic heterocycles. The third-order valence-corrected chi connectivity index (χ3v) is 4.52. The van der Waals surface area contributed by atoms with Gasteiger partial charge in [0.1, 0.15) is 0 Å². The zero-order chi connectivity index (χ0) is 20.0. The number of benzene rings is 1. The quantitative estimate of drug-likeness (QED) is 0.694. The van der Waals surface area contributed by atoms with Crippen LogP contribution in [0.3, 0.4) is 0 Å². The Kier molecular flexibility index (Phi) is 6.92. The molecule has 8 heteroatoms. The highest BCUT2D eigenvalue weighted by atomic mass is 16.5. The zero-order valence-corrected chi connectivity index (χ0v) is 15.8. The number of nitrogens with zero attached hydrogens (tertiary/aromatic N) is 2. The van der Waals surface area contributed by atoms with E-state index in [-0.39, 0.29) is 37.4 Å². The monoisotopic (exact) mass is 375 g/mol. The van der Waals surface area contributed by atoms with Crippen LogP contribution in [0.5, 0.6) is 0 Å². The second kappa shape index (κ2) is 9.16. The number of nitrogens with one attached hydrogen (secondary N) is 1. The van der Waals surface area contributed by atoms with Gasteiger partial charge in [0.05, 0.1) is 18.5 Å². The molecule has 1 aliphatic rings. The molecule has 0 spiro atoms. The number of likely N-dealkylation sites (tertiary alicyclic amines) is 1. The molecule has 2 atom stereocenters. The van der Waals surface area contributed by atoms with Crippen molar-refractivity contribution in [2.75, 3.05) is 33.8 Å². The fraction of sp³-hybridized carbons (Fsp3) is 0.474. The van der Waals surface area contributed by atoms with Crippen molar-refractivity contribution in [1.29, 1.82) is 0 Å². The van der Waals surface area contributed by atoms with E-state index in [1.807, 2.05) is 37.3 Å². The van der Waals surface area contributed by atoms with Gasteiger partial charge in [-0.2, -0.15) is 0 Å². The van der Waals surface area contributed by atoms with Crippen molar-refractivity contribution in [1.82, 2.24) is 15.1 Å². The largest absolute Gasteiger partial charge is 0.455 e. The van der Waals surface area contributed by atoms with Crippen LogP contribution in [0.25, 0.3) is 0 Å². The fourth-order valence-electron chi connectivity index (χ4n) is 2.81. The third kappa shape index (κ3) is 5.54. The van der Waals surface area contributed by atoms with Gasteiger partial charge in [0, 0.05) is 27.1 Å². The van der Waals surface area contributed by atoms with Gasteiger partial charge in [-0.25, -0.2) is 0 Å². The molecule has 1 aromatic carbocycles. The van der Waals surface area contributed by atoms with E-state index in [0.29, 0.717) is 0 Å². The number of ether oxygens (including phenoxy) is 1. The molecular formula is C19H25N3O5. The standard InChI is InChI=1S/C19H25N3O5/c1-13(14-7-5-4-6-8-14)22-11-15(9-17(22)24)19(26)27-12-16(23)20-10-18(25)21(2)3/h4-8,13,15H,9-12H2,1-3H3,(H,20,23)/t13-,15-/m0/s1. The van der Waals surface area contributed by atoms with Gasteiger partial charge in [-0.05, 0) is 12.5 Å². The molecule has 8 nitrogen and oxygen atoms in total. The predicted octanol–water partition coefficient (Wildman–Crippen LogP) is 0.344. The van der Waals surface area contributed by atoms with E-state index >= 15 is 0 Å². The summed E-state index contributed by atoms with van der Waals surface area (Å²) in [7, 11) is 3.15. The second-order valence-corrected chi connectivity index (χ2v) is 6.71. The summed E-state index contributed by atoms with van der Waals surface area (Å²) >= 11 is 0. The number of hydrogen-bond acceptors (Lipinski definition) is 5. The van der Waals surface area contributed by atoms with Crippen LogP contribution < -0.4 is 5.32 Å². The van der Waals surface area contributed by atoms with E-state index in [4.69, 9.17) is 4.74 Å². The fourth-order valence-corrected chi connectivity index (χ4v) is 2.81. The number of esters is 1. The highest BCUT2D eigenvalue weighted by molar-refractivity contribution is 5.89. The van der Waals surface area contributed by atoms with Crippen molar-refractivity contribution in [3.8, 4) is 0 Å². The highest BCUT2D eigenvalue weighted by Gasteiger charge is 2.38. The molecule has 0 bridgehead atoms. The van der Waals surface area contributed by atoms with Gasteiger partial charge in [0.2, 0.25) is 11.8 Å². The van der Waals surface area contributed by atoms with Gasteiger partial charge < -0.3 is 19.9 Å². The number of hydrogen-bond donors (Lipinski definition) is 1. The van der Waals surface area contributed by atoms with Crippen molar-refractivity contribution >= 4 is 23.7 Å². The van der Waals surface area contributed by atoms with Crippen LogP contribution in [0.4, 0.5) is 0 Å². The van der Waals surface area contributed by atoms with Gasteiger partial charge in [-0.1, -0.05) is 30.3 Å². The molecule has 2 rings (SSSR count). The summed E-state index contributed by atoms with van der Waals surface area (Å²) in [6, 6.07) is 9.43. The van der Waals surface area contributed by atoms with Gasteiger partial charge >= 0.3 is 5.97 Å². The summed E-state index contributed by atoms with van der Waals surface area (Å²) in [6.07, 6.45) is 0.0662. The van der Waals surface area contributed by atoms with Crippen molar-refractivity contribution < 1.29 is 23.9 Å². The summed E-state index contributed by atoms with van der Waals surface area (Å²) in [4.78, 5) is 50.5. The first-order chi connectivity index (χ1) is 12.8. The van der Waals surface area contributed by atoms with E-state index in [2.05, 4.69) is 5.32 Å². The molecule has 1 aliphatic heterocycles. The maximum absolute atomic E-state index is 12.3. The Morgan fingerprint density at radius 3 is 2.56 bits per heavy atom. The van der Waals surface area contributed by atoms with Gasteiger partial charge in [-0.15, -0.1) is 0 Å². The van der Waals surface area contributed by atoms with E-state index in [0.717, 1.165) is 5.56 Å². The average molecular weight is 375 g/mol. The smallest absolute Gasteiger partial charge is 0.311 e. The highest BCUT2D eigenvalue weighted by Crippen LogP contribution is 2.28. The molecular weight excluding hydrogens is 350 g/mol. The molecule has 3 amide bonds. The lowest BCUT2D eigenvalue weighted by atomic mass is 10.1. The van der Waals surface area contributed by atoms with Crippen molar-refractivity contribution in [2.45, 2.75) is 19.4 Å². The Bertz CT molecular complexity index is 705. The van der Waals surface area contributed by atoms with Gasteiger partial charge in [0.25, 0.3) is 5.91 Å². The van der Waals surface area contributed by atoms with Crippen LogP contribution in [0, 0.1) is 5.92 Å². The van der Waals surface area contributed by atoms with Gasteiger partial charge in [0.15, 0.2) is 6.61 Å². The molecule has 0 saturated carbocycles. The number of carbonyl (C=O) groups is 4. The van der Waals surface area contributed by atoms with Crippen LogP contribution in [0.15, 0.2) is 30.3 Å². The Morgan fingerprint density at radius 1 is 1.26 bits per heavy atom. The Labute approximate surface area is 158 Å². The topological polar surface area (TPSA) is 96.0 Å². The zero-order valence-electron chi connectivity index (χ0n) is 15.8. The van der Waals surface area contributed by atoms with Crippen LogP contribution in [0.1, 0.15) is 24.9 Å². The van der Waals surface area contributed by atoms with Gasteiger partial charge in [-0.3, -0.25) is 19.2 Å². The van der Waals surface area contributed by atoms with E-state index in [9.17, 15) is 19.2 Å². The van der Waals surface area contributed by atoms with E-state index in [1.165, 1.54) is 4.90 Å². The SMILES string of the molecule is C[C@@H](c1ccccc1)N1C[C@@H](C(=O)OCC(=O)NCC(=O)N(C)C)CC1=O. The molecule has 0 aliphatic carbocycles. The van der Waals surface area contributed by atoms with Crippen LogP contribution in [-0.4, -0.2) is 67.3 Å². The predicted molar refractivity (Wildman–Crippen MR) is 97.3 cm³/mol. The molecule has 1 fully saturated rings. The lowest BCUT2D eigenvalue weighted by Crippen LogP contribution is -2.38. The Hall–Kier alpha value is -2.90. The average Bonchev–Trinajstić information content (AvgIpc) is 3.05. The minimum atomic E-state index is -0.597. The Morgan fingerprint density at radius 2 is 1.93 bits per heavy atom. The number of amides is 3. The molecule has 1 N–H and O–H groups in total. The second-order valence-electron chi connectivity index (χ2n) is 6.71. The minimum absolute atomic E-state index is 0.0662. The maximum atomic E-state index is 12.3. The molecule has 1 aromatic rings. The molecule has 0 radical (unpaired) electrons. The number of likely N-dealkylation sites (N-methyl/N-ethyl adjacent to an activating group) is 1.